The van der Waals surface area contributed by atoms with Gasteiger partial charge < -0.3 is 29.4 Å². The van der Waals surface area contributed by atoms with Crippen LogP contribution in [0.4, 0.5) is 0 Å². The number of benzene rings is 3. The van der Waals surface area contributed by atoms with E-state index in [9.17, 15) is 19.8 Å². The first-order valence-electron chi connectivity index (χ1n) is 11.7. The molecule has 8 nitrogen and oxygen atoms in total. The smallest absolute Gasteiger partial charge is 0.254 e. The predicted octanol–water partition coefficient (Wildman–Crippen LogP) is 3.56. The van der Waals surface area contributed by atoms with Gasteiger partial charge in [-0.1, -0.05) is 36.4 Å². The molecule has 2 aromatic heterocycles. The number of amides is 1. The predicted molar refractivity (Wildman–Crippen MR) is 129 cm³/mol. The van der Waals surface area contributed by atoms with E-state index in [1.54, 1.807) is 6.92 Å². The number of aliphatic hydroxyl groups is 2. The Bertz CT molecular complexity index is 1850. The van der Waals surface area contributed by atoms with E-state index < -0.39 is 23.8 Å². The Labute approximate surface area is 198 Å². The van der Waals surface area contributed by atoms with E-state index in [4.69, 9.17) is 4.74 Å². The first kappa shape index (κ1) is 19.6. The number of fused-ring (bicyclic) bond motifs is 13. The van der Waals surface area contributed by atoms with Crippen LogP contribution >= 0.6 is 0 Å². The molecule has 8 rings (SSSR count). The zero-order valence-electron chi connectivity index (χ0n) is 19.0. The zero-order chi connectivity index (χ0) is 24.0. The van der Waals surface area contributed by atoms with Gasteiger partial charge in [0.25, 0.3) is 5.91 Å². The monoisotopic (exact) mass is 467 g/mol. The van der Waals surface area contributed by atoms with Crippen LogP contribution in [0.3, 0.4) is 0 Å². The third-order valence-corrected chi connectivity index (χ3v) is 8.47. The van der Waals surface area contributed by atoms with Crippen molar-refractivity contribution < 1.29 is 24.5 Å². The van der Waals surface area contributed by atoms with Gasteiger partial charge in [-0.05, 0) is 26.0 Å². The van der Waals surface area contributed by atoms with Crippen LogP contribution in [0.5, 0.6) is 0 Å². The molecule has 3 aliphatic heterocycles. The van der Waals surface area contributed by atoms with E-state index in [2.05, 4.69) is 5.32 Å². The van der Waals surface area contributed by atoms with E-state index >= 15 is 0 Å². The summed E-state index contributed by atoms with van der Waals surface area (Å²) >= 11 is 0. The van der Waals surface area contributed by atoms with Crippen molar-refractivity contribution in [2.24, 2.45) is 0 Å². The number of carbonyl (C=O) groups is 2. The molecule has 0 spiro atoms. The second-order valence-corrected chi connectivity index (χ2v) is 10.0. The standard InChI is InChI=1S/C27H21N3O5/c1-12(31)27(34)11-17-29-15-9-5-3-7-13(15)18-20-21(25(33)28-24(20)32)19-14-8-4-6-10-16(14)30(23(19)22(18)29)26(27,2)35-17/h3-10,17,25,33-34H,11H2,1-2H3,(H,28,32)/t17?,25?,26-,27-/m0/s1. The number of ether oxygens (including phenoxy) is 1. The van der Waals surface area contributed by atoms with Crippen LogP contribution in [0.25, 0.3) is 43.6 Å². The highest BCUT2D eigenvalue weighted by molar-refractivity contribution is 6.31. The van der Waals surface area contributed by atoms with Crippen LogP contribution in [0.15, 0.2) is 48.5 Å². The number of aliphatic hydroxyl groups excluding tert-OH is 1. The van der Waals surface area contributed by atoms with Crippen molar-refractivity contribution in [2.75, 3.05) is 0 Å². The Morgan fingerprint density at radius 2 is 1.71 bits per heavy atom. The highest BCUT2D eigenvalue weighted by Gasteiger charge is 2.63. The molecule has 5 aromatic rings. The molecule has 5 heterocycles. The maximum absolute atomic E-state index is 13.2. The van der Waals surface area contributed by atoms with Gasteiger partial charge in [0.15, 0.2) is 23.3 Å². The van der Waals surface area contributed by atoms with Gasteiger partial charge in [0.2, 0.25) is 0 Å². The molecule has 1 fully saturated rings. The topological polar surface area (TPSA) is 106 Å². The van der Waals surface area contributed by atoms with Gasteiger partial charge in [-0.15, -0.1) is 0 Å². The van der Waals surface area contributed by atoms with Gasteiger partial charge in [0.05, 0.1) is 27.6 Å². The molecule has 4 atom stereocenters. The number of Topliss-reactive ketones (excluding diaryl/α,β-unsaturated/α-hetero) is 1. The van der Waals surface area contributed by atoms with Gasteiger partial charge in [-0.3, -0.25) is 9.59 Å². The molecule has 174 valence electrons. The molecule has 0 radical (unpaired) electrons. The number of hydrogen-bond acceptors (Lipinski definition) is 5. The molecule has 0 aliphatic carbocycles. The Kier molecular flexibility index (Phi) is 3.21. The lowest BCUT2D eigenvalue weighted by Gasteiger charge is -2.38. The van der Waals surface area contributed by atoms with Crippen molar-refractivity contribution in [3.63, 3.8) is 0 Å². The lowest BCUT2D eigenvalue weighted by Crippen LogP contribution is -2.55. The van der Waals surface area contributed by atoms with E-state index in [0.717, 1.165) is 43.6 Å². The Morgan fingerprint density at radius 1 is 1.06 bits per heavy atom. The molecule has 2 unspecified atom stereocenters. The van der Waals surface area contributed by atoms with Crippen LogP contribution in [-0.4, -0.2) is 36.6 Å². The number of nitrogens with zero attached hydrogens (tertiary/aromatic N) is 2. The third-order valence-electron chi connectivity index (χ3n) is 8.47. The SMILES string of the molecule is CC(=O)[C@@]1(O)CC2O[C@]1(C)n1c3ccccc3c3c4c(c5c6ccccc6n2c5c31)C(=O)NC4O. The van der Waals surface area contributed by atoms with Gasteiger partial charge >= 0.3 is 0 Å². The van der Waals surface area contributed by atoms with Crippen molar-refractivity contribution in [2.45, 2.75) is 44.1 Å². The summed E-state index contributed by atoms with van der Waals surface area (Å²) in [5.74, 6) is -0.696. The summed E-state index contributed by atoms with van der Waals surface area (Å²) in [6, 6.07) is 15.4. The second kappa shape index (κ2) is 5.73. The molecule has 1 amide bonds. The largest absolute Gasteiger partial charge is 0.377 e. The molecule has 35 heavy (non-hydrogen) atoms. The van der Waals surface area contributed by atoms with Crippen LogP contribution in [0.1, 0.15) is 48.6 Å². The molecular formula is C27H21N3O5. The lowest BCUT2D eigenvalue weighted by atomic mass is 9.85. The second-order valence-electron chi connectivity index (χ2n) is 10.0. The first-order valence-corrected chi connectivity index (χ1v) is 11.7. The minimum absolute atomic E-state index is 0.0754. The van der Waals surface area contributed by atoms with E-state index in [0.29, 0.717) is 11.1 Å². The molecule has 3 N–H and O–H groups in total. The molecule has 2 bridgehead atoms. The Morgan fingerprint density at radius 3 is 2.43 bits per heavy atom. The fourth-order valence-corrected chi connectivity index (χ4v) is 6.96. The summed E-state index contributed by atoms with van der Waals surface area (Å²) in [4.78, 5) is 26.2. The summed E-state index contributed by atoms with van der Waals surface area (Å²) in [6.45, 7) is 3.15. The van der Waals surface area contributed by atoms with Crippen LogP contribution < -0.4 is 5.32 Å². The van der Waals surface area contributed by atoms with E-state index in [1.807, 2.05) is 57.7 Å². The summed E-state index contributed by atoms with van der Waals surface area (Å²) in [5, 5.41) is 28.8. The molecule has 3 aliphatic rings. The Hall–Kier alpha value is -3.72. The molecule has 3 aromatic carbocycles. The molecular weight excluding hydrogens is 446 g/mol. The van der Waals surface area contributed by atoms with Crippen LogP contribution in [-0.2, 0) is 15.3 Å². The summed E-state index contributed by atoms with van der Waals surface area (Å²) in [7, 11) is 0. The highest BCUT2D eigenvalue weighted by Crippen LogP contribution is 2.58. The van der Waals surface area contributed by atoms with Gasteiger partial charge in [0.1, 0.15) is 6.23 Å². The molecule has 8 heteroatoms. The quantitative estimate of drug-likeness (QED) is 0.350. The van der Waals surface area contributed by atoms with Gasteiger partial charge in [0, 0.05) is 33.5 Å². The summed E-state index contributed by atoms with van der Waals surface area (Å²) in [6.07, 6.45) is -1.74. The van der Waals surface area contributed by atoms with E-state index in [-0.39, 0.29) is 18.1 Å². The zero-order valence-corrected chi connectivity index (χ0v) is 19.0. The minimum atomic E-state index is -1.78. The summed E-state index contributed by atoms with van der Waals surface area (Å²) < 4.78 is 10.6. The number of nitrogens with one attached hydrogen (secondary N) is 1. The normalized spacial score (nSPS) is 29.0. The van der Waals surface area contributed by atoms with Crippen molar-refractivity contribution in [1.29, 1.82) is 0 Å². The van der Waals surface area contributed by atoms with Crippen LogP contribution in [0.2, 0.25) is 0 Å². The molecule has 0 saturated carbocycles. The third kappa shape index (κ3) is 1.89. The summed E-state index contributed by atoms with van der Waals surface area (Å²) in [5.41, 5.74) is 0.915. The van der Waals surface area contributed by atoms with Gasteiger partial charge in [-0.2, -0.15) is 0 Å². The lowest BCUT2D eigenvalue weighted by molar-refractivity contribution is -0.184. The fourth-order valence-electron chi connectivity index (χ4n) is 6.96. The fraction of sp³-hybridized carbons (Fsp3) is 0.259. The number of aromatic nitrogens is 2. The van der Waals surface area contributed by atoms with E-state index in [1.165, 1.54) is 6.92 Å². The average molecular weight is 467 g/mol. The van der Waals surface area contributed by atoms with Crippen molar-refractivity contribution in [3.8, 4) is 0 Å². The Balaban J connectivity index is 1.77. The maximum Gasteiger partial charge on any atom is 0.254 e. The maximum atomic E-state index is 13.2. The van der Waals surface area contributed by atoms with Gasteiger partial charge in [-0.25, -0.2) is 0 Å². The minimum Gasteiger partial charge on any atom is -0.377 e. The van der Waals surface area contributed by atoms with Crippen molar-refractivity contribution in [1.82, 2.24) is 14.5 Å². The number of rotatable bonds is 1. The first-order chi connectivity index (χ1) is 16.8. The number of carbonyl (C=O) groups excluding carboxylic acids is 2. The number of ketones is 1. The number of hydrogen-bond donors (Lipinski definition) is 3. The average Bonchev–Trinajstić information content (AvgIpc) is 3.49. The van der Waals surface area contributed by atoms with Crippen molar-refractivity contribution >= 4 is 55.3 Å². The molecule has 1 saturated heterocycles. The highest BCUT2D eigenvalue weighted by atomic mass is 16.6. The van der Waals surface area contributed by atoms with Crippen LogP contribution in [0, 0.1) is 0 Å². The number of para-hydroxylation sites is 2. The van der Waals surface area contributed by atoms with Crippen molar-refractivity contribution in [3.05, 3.63) is 59.7 Å².